The molecule has 4 aromatic rings. The molecule has 0 fully saturated rings. The Morgan fingerprint density at radius 1 is 0.800 bits per heavy atom. The Morgan fingerprint density at radius 3 is 2.10 bits per heavy atom. The quantitative estimate of drug-likeness (QED) is 0.413. The summed E-state index contributed by atoms with van der Waals surface area (Å²) in [7, 11) is 2.23. The molecular formula is C28H28N2. The highest BCUT2D eigenvalue weighted by atomic mass is 15.1. The van der Waals surface area contributed by atoms with Crippen LogP contribution in [0.3, 0.4) is 0 Å². The minimum atomic E-state index is 1.08. The number of nitrogens with zero attached hydrogens (tertiary/aromatic N) is 2. The van der Waals surface area contributed by atoms with Gasteiger partial charge in [-0.3, -0.25) is 0 Å². The van der Waals surface area contributed by atoms with Crippen LogP contribution in [0.1, 0.15) is 27.9 Å². The van der Waals surface area contributed by atoms with Crippen LogP contribution in [0.5, 0.6) is 0 Å². The Hall–Kier alpha value is -3.10. The highest BCUT2D eigenvalue weighted by molar-refractivity contribution is 5.93. The van der Waals surface area contributed by atoms with Gasteiger partial charge in [-0.15, -0.1) is 0 Å². The van der Waals surface area contributed by atoms with Gasteiger partial charge in [0.2, 0.25) is 0 Å². The smallest absolute Gasteiger partial charge is 0.0528 e. The van der Waals surface area contributed by atoms with E-state index in [4.69, 9.17) is 0 Å². The summed E-state index contributed by atoms with van der Waals surface area (Å²) in [6, 6.07) is 28.4. The molecule has 30 heavy (non-hydrogen) atoms. The number of hydrogen-bond acceptors (Lipinski definition) is 1. The van der Waals surface area contributed by atoms with Crippen molar-refractivity contribution in [3.8, 4) is 0 Å². The van der Waals surface area contributed by atoms with Crippen LogP contribution in [0, 0.1) is 6.92 Å². The fourth-order valence-corrected chi connectivity index (χ4v) is 4.64. The zero-order valence-corrected chi connectivity index (χ0v) is 17.8. The molecule has 0 spiro atoms. The van der Waals surface area contributed by atoms with E-state index in [1.807, 2.05) is 0 Å². The molecule has 0 saturated heterocycles. The fourth-order valence-electron chi connectivity index (χ4n) is 4.64. The summed E-state index contributed by atoms with van der Waals surface area (Å²) in [5.41, 5.74) is 9.39. The minimum absolute atomic E-state index is 1.08. The normalized spacial score (nSPS) is 14.3. The number of fused-ring (bicyclic) bond motifs is 3. The maximum absolute atomic E-state index is 2.47. The Morgan fingerprint density at radius 2 is 1.43 bits per heavy atom. The Labute approximate surface area is 179 Å². The lowest BCUT2D eigenvalue weighted by Gasteiger charge is -2.14. The van der Waals surface area contributed by atoms with Crippen molar-refractivity contribution in [3.63, 3.8) is 0 Å². The van der Waals surface area contributed by atoms with E-state index in [9.17, 15) is 0 Å². The molecule has 0 bridgehead atoms. The van der Waals surface area contributed by atoms with Crippen molar-refractivity contribution >= 4 is 22.7 Å². The number of likely N-dealkylation sites (N-methyl/N-ethyl adjacent to an activating group) is 1. The molecule has 0 atom stereocenters. The van der Waals surface area contributed by atoms with E-state index in [0.717, 1.165) is 25.9 Å². The van der Waals surface area contributed by atoms with Crippen molar-refractivity contribution in [2.24, 2.45) is 0 Å². The topological polar surface area (TPSA) is 8.17 Å². The second kappa shape index (κ2) is 7.97. The van der Waals surface area contributed by atoms with Crippen LogP contribution < -0.4 is 0 Å². The van der Waals surface area contributed by atoms with Gasteiger partial charge >= 0.3 is 0 Å². The molecule has 0 aliphatic carbocycles. The SMILES string of the molecule is Cc1ccc2c(c1)c1c(n2C=C(c2ccccc2)c2ccccc2)CCN(C)CC1. The Balaban J connectivity index is 1.78. The summed E-state index contributed by atoms with van der Waals surface area (Å²) in [6.45, 7) is 4.41. The summed E-state index contributed by atoms with van der Waals surface area (Å²) in [6.07, 6.45) is 4.55. The van der Waals surface area contributed by atoms with Gasteiger partial charge in [0, 0.05) is 42.4 Å². The molecule has 2 heterocycles. The third-order valence-corrected chi connectivity index (χ3v) is 6.28. The van der Waals surface area contributed by atoms with Crippen LogP contribution in [0.4, 0.5) is 0 Å². The molecule has 0 radical (unpaired) electrons. The average molecular weight is 393 g/mol. The minimum Gasteiger partial charge on any atom is -0.319 e. The predicted molar refractivity (Wildman–Crippen MR) is 128 cm³/mol. The van der Waals surface area contributed by atoms with Gasteiger partial charge in [0.25, 0.3) is 0 Å². The number of rotatable bonds is 3. The number of aryl methyl sites for hydroxylation is 1. The molecule has 0 amide bonds. The first kappa shape index (κ1) is 18.9. The van der Waals surface area contributed by atoms with Crippen LogP contribution >= 0.6 is 0 Å². The molecule has 2 nitrogen and oxygen atoms in total. The van der Waals surface area contributed by atoms with Crippen molar-refractivity contribution in [2.45, 2.75) is 19.8 Å². The van der Waals surface area contributed by atoms with Gasteiger partial charge < -0.3 is 9.47 Å². The summed E-state index contributed by atoms with van der Waals surface area (Å²) >= 11 is 0. The lowest BCUT2D eigenvalue weighted by Crippen LogP contribution is -2.21. The van der Waals surface area contributed by atoms with Gasteiger partial charge in [-0.05, 0) is 49.2 Å². The highest BCUT2D eigenvalue weighted by Crippen LogP contribution is 2.33. The van der Waals surface area contributed by atoms with Gasteiger partial charge in [0.15, 0.2) is 0 Å². The highest BCUT2D eigenvalue weighted by Gasteiger charge is 2.20. The van der Waals surface area contributed by atoms with E-state index < -0.39 is 0 Å². The van der Waals surface area contributed by atoms with Gasteiger partial charge in [-0.1, -0.05) is 72.3 Å². The van der Waals surface area contributed by atoms with Crippen molar-refractivity contribution in [2.75, 3.05) is 20.1 Å². The number of hydrogen-bond donors (Lipinski definition) is 0. The molecule has 1 aromatic heterocycles. The van der Waals surface area contributed by atoms with Gasteiger partial charge in [-0.25, -0.2) is 0 Å². The lowest BCUT2D eigenvalue weighted by molar-refractivity contribution is 0.351. The summed E-state index contributed by atoms with van der Waals surface area (Å²) in [5, 5.41) is 1.41. The van der Waals surface area contributed by atoms with E-state index in [2.05, 4.69) is 109 Å². The van der Waals surface area contributed by atoms with E-state index in [-0.39, 0.29) is 0 Å². The molecule has 0 N–H and O–H groups in total. The van der Waals surface area contributed by atoms with Crippen molar-refractivity contribution in [1.82, 2.24) is 9.47 Å². The second-order valence-corrected chi connectivity index (χ2v) is 8.39. The van der Waals surface area contributed by atoms with Crippen LogP contribution in [-0.4, -0.2) is 29.6 Å². The zero-order valence-electron chi connectivity index (χ0n) is 17.8. The van der Waals surface area contributed by atoms with E-state index in [0.29, 0.717) is 0 Å². The van der Waals surface area contributed by atoms with Crippen molar-refractivity contribution in [1.29, 1.82) is 0 Å². The molecule has 1 aliphatic rings. The van der Waals surface area contributed by atoms with E-state index in [1.54, 1.807) is 0 Å². The Bertz CT molecular complexity index is 1160. The van der Waals surface area contributed by atoms with E-state index in [1.165, 1.54) is 44.4 Å². The third-order valence-electron chi connectivity index (χ3n) is 6.28. The first-order chi connectivity index (χ1) is 14.7. The molecule has 0 unspecified atom stereocenters. The largest absolute Gasteiger partial charge is 0.319 e. The fraction of sp³-hybridized carbons (Fsp3) is 0.214. The summed E-state index contributed by atoms with van der Waals surface area (Å²) in [5.74, 6) is 0. The van der Waals surface area contributed by atoms with Gasteiger partial charge in [0.1, 0.15) is 0 Å². The molecule has 150 valence electrons. The molecular weight excluding hydrogens is 364 g/mol. The molecule has 5 rings (SSSR count). The molecule has 3 aromatic carbocycles. The molecule has 2 heteroatoms. The Kier molecular flexibility index (Phi) is 5.02. The summed E-state index contributed by atoms with van der Waals surface area (Å²) in [4.78, 5) is 2.45. The maximum atomic E-state index is 2.47. The first-order valence-electron chi connectivity index (χ1n) is 10.8. The van der Waals surface area contributed by atoms with Crippen LogP contribution in [-0.2, 0) is 12.8 Å². The number of aromatic nitrogens is 1. The predicted octanol–water partition coefficient (Wildman–Crippen LogP) is 6.03. The molecule has 1 aliphatic heterocycles. The van der Waals surface area contributed by atoms with Crippen molar-refractivity contribution < 1.29 is 0 Å². The lowest BCUT2D eigenvalue weighted by atomic mass is 9.99. The van der Waals surface area contributed by atoms with Gasteiger partial charge in [-0.2, -0.15) is 0 Å². The van der Waals surface area contributed by atoms with Crippen molar-refractivity contribution in [3.05, 3.63) is 107 Å². The summed E-state index contributed by atoms with van der Waals surface area (Å²) < 4.78 is 2.47. The van der Waals surface area contributed by atoms with Crippen LogP contribution in [0.15, 0.2) is 78.9 Å². The van der Waals surface area contributed by atoms with Crippen LogP contribution in [0.25, 0.3) is 22.7 Å². The van der Waals surface area contributed by atoms with Gasteiger partial charge in [0.05, 0.1) is 5.52 Å². The standard InChI is InChI=1S/C28H28N2/c1-21-13-14-27-25(19-21)24-15-17-29(2)18-16-28(24)30(27)20-26(22-9-5-3-6-10-22)23-11-7-4-8-12-23/h3-14,19-20H,15-18H2,1-2H3. The van der Waals surface area contributed by atoms with E-state index >= 15 is 0 Å². The maximum Gasteiger partial charge on any atom is 0.0528 e. The second-order valence-electron chi connectivity index (χ2n) is 8.39. The molecule has 0 saturated carbocycles. The van der Waals surface area contributed by atoms with Crippen LogP contribution in [0.2, 0.25) is 0 Å². The third kappa shape index (κ3) is 3.48. The monoisotopic (exact) mass is 392 g/mol. The zero-order chi connectivity index (χ0) is 20.5. The average Bonchev–Trinajstić information content (AvgIpc) is 2.92. The first-order valence-corrected chi connectivity index (χ1v) is 10.8. The number of benzene rings is 3.